The SMILES string of the molecule is COC(=O)CCNC(=O)c1ccc(CN(c2ccc(OC(F)(F)F)cc2)c2nc(-c3ccc(C(F)(F)F)cc3)cs2)cc1. The van der Waals surface area contributed by atoms with Gasteiger partial charge in [0.05, 0.1) is 31.3 Å². The van der Waals surface area contributed by atoms with E-state index in [1.54, 1.807) is 34.5 Å². The van der Waals surface area contributed by atoms with Crippen molar-refractivity contribution in [3.05, 3.63) is 94.9 Å². The number of ether oxygens (including phenoxy) is 2. The molecule has 0 unspecified atom stereocenters. The molecule has 0 saturated carbocycles. The fourth-order valence-corrected chi connectivity index (χ4v) is 4.73. The van der Waals surface area contributed by atoms with Gasteiger partial charge in [0.2, 0.25) is 0 Å². The van der Waals surface area contributed by atoms with Gasteiger partial charge in [-0.1, -0.05) is 24.3 Å². The van der Waals surface area contributed by atoms with Crippen LogP contribution in [0.25, 0.3) is 11.3 Å². The van der Waals surface area contributed by atoms with E-state index in [9.17, 15) is 35.9 Å². The van der Waals surface area contributed by atoms with Gasteiger partial charge in [-0.3, -0.25) is 9.59 Å². The lowest BCUT2D eigenvalue weighted by atomic mass is 10.1. The lowest BCUT2D eigenvalue weighted by molar-refractivity contribution is -0.274. The Bertz CT molecular complexity index is 1540. The molecule has 1 aromatic heterocycles. The van der Waals surface area contributed by atoms with E-state index in [1.807, 2.05) is 0 Å². The second-order valence-corrected chi connectivity index (χ2v) is 9.83. The zero-order valence-corrected chi connectivity index (χ0v) is 23.1. The summed E-state index contributed by atoms with van der Waals surface area (Å²) in [6.45, 7) is 0.282. The minimum absolute atomic E-state index is 0.0182. The number of hydrogen-bond donors (Lipinski definition) is 1. The van der Waals surface area contributed by atoms with Crippen molar-refractivity contribution < 1.29 is 45.4 Å². The maximum Gasteiger partial charge on any atom is 0.573 e. The molecular weight excluding hydrogens is 600 g/mol. The number of aromatic nitrogens is 1. The van der Waals surface area contributed by atoms with Crippen LogP contribution in [0.4, 0.5) is 37.2 Å². The van der Waals surface area contributed by atoms with E-state index in [-0.39, 0.29) is 19.5 Å². The van der Waals surface area contributed by atoms with Crippen LogP contribution in [-0.2, 0) is 22.3 Å². The highest BCUT2D eigenvalue weighted by atomic mass is 32.1. The number of benzene rings is 3. The van der Waals surface area contributed by atoms with Crippen molar-refractivity contribution in [2.75, 3.05) is 18.6 Å². The van der Waals surface area contributed by atoms with Crippen molar-refractivity contribution in [1.29, 1.82) is 0 Å². The van der Waals surface area contributed by atoms with Crippen molar-refractivity contribution in [2.45, 2.75) is 25.5 Å². The number of carbonyl (C=O) groups excluding carboxylic acids is 2. The van der Waals surface area contributed by atoms with Crippen LogP contribution in [0.15, 0.2) is 78.2 Å². The van der Waals surface area contributed by atoms with Crippen molar-refractivity contribution in [3.63, 3.8) is 0 Å². The average molecular weight is 624 g/mol. The summed E-state index contributed by atoms with van der Waals surface area (Å²) >= 11 is 1.19. The van der Waals surface area contributed by atoms with Crippen LogP contribution < -0.4 is 15.0 Å². The van der Waals surface area contributed by atoms with Gasteiger partial charge in [0.25, 0.3) is 5.91 Å². The molecule has 3 aromatic carbocycles. The zero-order valence-electron chi connectivity index (χ0n) is 22.3. The Hall–Kier alpha value is -4.59. The largest absolute Gasteiger partial charge is 0.573 e. The maximum absolute atomic E-state index is 13.0. The number of halogens is 6. The first-order valence-electron chi connectivity index (χ1n) is 12.5. The first kappa shape index (κ1) is 31.3. The normalized spacial score (nSPS) is 11.6. The van der Waals surface area contributed by atoms with E-state index in [0.29, 0.717) is 33.2 Å². The lowest BCUT2D eigenvalue weighted by Crippen LogP contribution is -2.26. The molecule has 1 N–H and O–H groups in total. The molecule has 1 amide bonds. The Labute approximate surface area is 245 Å². The van der Waals surface area contributed by atoms with Crippen LogP contribution in [0.3, 0.4) is 0 Å². The molecule has 7 nitrogen and oxygen atoms in total. The first-order valence-corrected chi connectivity index (χ1v) is 13.4. The minimum Gasteiger partial charge on any atom is -0.469 e. The molecule has 0 bridgehead atoms. The summed E-state index contributed by atoms with van der Waals surface area (Å²) in [6, 6.07) is 16.2. The topological polar surface area (TPSA) is 80.8 Å². The van der Waals surface area contributed by atoms with E-state index >= 15 is 0 Å². The van der Waals surface area contributed by atoms with E-state index in [2.05, 4.69) is 19.8 Å². The summed E-state index contributed by atoms with van der Waals surface area (Å²) in [5.74, 6) is -1.27. The molecule has 0 aliphatic rings. The highest BCUT2D eigenvalue weighted by molar-refractivity contribution is 7.14. The van der Waals surface area contributed by atoms with E-state index in [4.69, 9.17) is 0 Å². The number of rotatable bonds is 10. The first-order chi connectivity index (χ1) is 20.3. The number of nitrogens with zero attached hydrogens (tertiary/aromatic N) is 2. The molecule has 0 radical (unpaired) electrons. The molecule has 1 heterocycles. The van der Waals surface area contributed by atoms with Gasteiger partial charge >= 0.3 is 18.5 Å². The van der Waals surface area contributed by atoms with E-state index < -0.39 is 35.7 Å². The van der Waals surface area contributed by atoms with Crippen molar-refractivity contribution >= 4 is 34.0 Å². The molecule has 0 aliphatic heterocycles. The smallest absolute Gasteiger partial charge is 0.469 e. The van der Waals surface area contributed by atoms with Gasteiger partial charge in [-0.2, -0.15) is 13.2 Å². The van der Waals surface area contributed by atoms with Crippen molar-refractivity contribution in [3.8, 4) is 17.0 Å². The van der Waals surface area contributed by atoms with Gasteiger partial charge in [-0.05, 0) is 54.1 Å². The average Bonchev–Trinajstić information content (AvgIpc) is 3.45. The third kappa shape index (κ3) is 8.70. The highest BCUT2D eigenvalue weighted by Crippen LogP contribution is 2.36. The summed E-state index contributed by atoms with van der Waals surface area (Å²) < 4.78 is 85.4. The summed E-state index contributed by atoms with van der Waals surface area (Å²) in [5, 5.41) is 4.70. The zero-order chi connectivity index (χ0) is 31.2. The Morgan fingerprint density at radius 2 is 1.56 bits per heavy atom. The summed E-state index contributed by atoms with van der Waals surface area (Å²) in [7, 11) is 1.25. The molecule has 0 spiro atoms. The third-order valence-corrected chi connectivity index (χ3v) is 6.88. The minimum atomic E-state index is -4.86. The molecule has 4 aromatic rings. The molecule has 43 heavy (non-hydrogen) atoms. The number of alkyl halides is 6. The molecule has 0 aliphatic carbocycles. The summed E-state index contributed by atoms with van der Waals surface area (Å²) in [4.78, 5) is 29.9. The van der Waals surface area contributed by atoms with Crippen LogP contribution in [0, 0.1) is 0 Å². The van der Waals surface area contributed by atoms with Gasteiger partial charge in [-0.25, -0.2) is 4.98 Å². The molecule has 226 valence electrons. The monoisotopic (exact) mass is 623 g/mol. The quantitative estimate of drug-likeness (QED) is 0.147. The Morgan fingerprint density at radius 1 is 0.907 bits per heavy atom. The molecule has 0 fully saturated rings. The number of nitrogens with one attached hydrogen (secondary N) is 1. The van der Waals surface area contributed by atoms with Crippen LogP contribution in [0.1, 0.15) is 27.9 Å². The Kier molecular flexibility index (Phi) is 9.59. The molecule has 4 rings (SSSR count). The number of hydrogen-bond acceptors (Lipinski definition) is 7. The van der Waals surface area contributed by atoms with Crippen LogP contribution in [0.5, 0.6) is 5.75 Å². The van der Waals surface area contributed by atoms with E-state index in [1.165, 1.54) is 42.7 Å². The van der Waals surface area contributed by atoms with Crippen LogP contribution in [-0.4, -0.2) is 36.9 Å². The van der Waals surface area contributed by atoms with Gasteiger partial charge in [-0.15, -0.1) is 24.5 Å². The fraction of sp³-hybridized carbons (Fsp3) is 0.207. The molecular formula is C29H23F6N3O4S. The number of amides is 1. The molecule has 0 atom stereocenters. The highest BCUT2D eigenvalue weighted by Gasteiger charge is 2.31. The maximum atomic E-state index is 13.0. The van der Waals surface area contributed by atoms with E-state index in [0.717, 1.165) is 24.3 Å². The van der Waals surface area contributed by atoms with Crippen LogP contribution in [0.2, 0.25) is 0 Å². The number of methoxy groups -OCH3 is 1. The fourth-order valence-electron chi connectivity index (χ4n) is 3.87. The third-order valence-electron chi connectivity index (χ3n) is 6.01. The predicted molar refractivity (Wildman–Crippen MR) is 147 cm³/mol. The van der Waals surface area contributed by atoms with Gasteiger partial charge < -0.3 is 19.7 Å². The van der Waals surface area contributed by atoms with Gasteiger partial charge in [0, 0.05) is 28.7 Å². The number of carbonyl (C=O) groups is 2. The molecule has 14 heteroatoms. The van der Waals surface area contributed by atoms with Crippen molar-refractivity contribution in [1.82, 2.24) is 10.3 Å². The summed E-state index contributed by atoms with van der Waals surface area (Å²) in [5.41, 5.74) is 1.59. The predicted octanol–water partition coefficient (Wildman–Crippen LogP) is 7.36. The van der Waals surface area contributed by atoms with Crippen LogP contribution >= 0.6 is 11.3 Å². The van der Waals surface area contributed by atoms with Gasteiger partial charge in [0.1, 0.15) is 5.75 Å². The Morgan fingerprint density at radius 3 is 2.14 bits per heavy atom. The number of anilines is 2. The lowest BCUT2D eigenvalue weighted by Gasteiger charge is -2.23. The number of thiazole rings is 1. The standard InChI is InChI=1S/C29H23F6N3O4S/c1-41-25(39)14-15-36-26(40)20-4-2-18(3-5-20)16-38(22-10-12-23(13-11-22)42-29(33,34)35)27-37-24(17-43-27)19-6-8-21(9-7-19)28(30,31)32/h2-13,17H,14-16H2,1H3,(H,36,40). The van der Waals surface area contributed by atoms with Crippen molar-refractivity contribution in [2.24, 2.45) is 0 Å². The number of esters is 1. The summed E-state index contributed by atoms with van der Waals surface area (Å²) in [6.07, 6.45) is -9.32. The van der Waals surface area contributed by atoms with Gasteiger partial charge in [0.15, 0.2) is 5.13 Å². The second-order valence-electron chi connectivity index (χ2n) is 9.00. The second kappa shape index (κ2) is 13.2. The Balaban J connectivity index is 1.57. The molecule has 0 saturated heterocycles.